The maximum atomic E-state index is 13.1. The van der Waals surface area contributed by atoms with Gasteiger partial charge >= 0.3 is 0 Å². The highest BCUT2D eigenvalue weighted by molar-refractivity contribution is 6.05. The Morgan fingerprint density at radius 2 is 1.72 bits per heavy atom. The SMILES string of the molecule is CCN(CC)c1ccc(N2CCN(C(=O)c3nccc4ccccc34)CC2)nn1. The van der Waals surface area contributed by atoms with E-state index in [9.17, 15) is 4.79 Å². The van der Waals surface area contributed by atoms with Crippen molar-refractivity contribution in [2.45, 2.75) is 13.8 Å². The largest absolute Gasteiger partial charge is 0.356 e. The molecule has 1 fully saturated rings. The van der Waals surface area contributed by atoms with Crippen LogP contribution in [-0.2, 0) is 0 Å². The van der Waals surface area contributed by atoms with Crippen LogP contribution in [0.25, 0.3) is 10.8 Å². The number of hydrogen-bond acceptors (Lipinski definition) is 6. The van der Waals surface area contributed by atoms with E-state index >= 15 is 0 Å². The molecule has 0 radical (unpaired) electrons. The fourth-order valence-corrected chi connectivity index (χ4v) is 3.78. The van der Waals surface area contributed by atoms with Crippen LogP contribution in [-0.4, -0.2) is 65.3 Å². The van der Waals surface area contributed by atoms with Gasteiger partial charge in [0.2, 0.25) is 0 Å². The molecule has 2 aromatic heterocycles. The predicted molar refractivity (Wildman–Crippen MR) is 115 cm³/mol. The molecule has 7 nitrogen and oxygen atoms in total. The van der Waals surface area contributed by atoms with Gasteiger partial charge in [-0.2, -0.15) is 0 Å². The molecule has 0 unspecified atom stereocenters. The van der Waals surface area contributed by atoms with E-state index in [2.05, 4.69) is 38.8 Å². The van der Waals surface area contributed by atoms with Crippen molar-refractivity contribution in [2.24, 2.45) is 0 Å². The number of piperazine rings is 1. The number of rotatable bonds is 5. The van der Waals surface area contributed by atoms with Crippen LogP contribution >= 0.6 is 0 Å². The van der Waals surface area contributed by atoms with E-state index in [0.717, 1.165) is 48.6 Å². The van der Waals surface area contributed by atoms with Crippen molar-refractivity contribution in [2.75, 3.05) is 49.1 Å². The molecule has 1 aliphatic heterocycles. The first-order valence-corrected chi connectivity index (χ1v) is 10.2. The fourth-order valence-electron chi connectivity index (χ4n) is 3.78. The molecule has 150 valence electrons. The minimum Gasteiger partial charge on any atom is -0.356 e. The van der Waals surface area contributed by atoms with E-state index in [0.29, 0.717) is 18.8 Å². The summed E-state index contributed by atoms with van der Waals surface area (Å²) in [6.07, 6.45) is 1.71. The number of amides is 1. The summed E-state index contributed by atoms with van der Waals surface area (Å²) in [5.74, 6) is 1.75. The molecular weight excluding hydrogens is 364 g/mol. The number of benzene rings is 1. The summed E-state index contributed by atoms with van der Waals surface area (Å²) >= 11 is 0. The van der Waals surface area contributed by atoms with Gasteiger partial charge in [-0.1, -0.05) is 24.3 Å². The van der Waals surface area contributed by atoms with E-state index in [-0.39, 0.29) is 5.91 Å². The second-order valence-electron chi connectivity index (χ2n) is 7.08. The highest BCUT2D eigenvalue weighted by atomic mass is 16.2. The monoisotopic (exact) mass is 390 g/mol. The minimum absolute atomic E-state index is 0.00980. The Kier molecular flexibility index (Phi) is 5.55. The van der Waals surface area contributed by atoms with Gasteiger partial charge in [-0.15, -0.1) is 10.2 Å². The molecule has 0 atom stereocenters. The number of nitrogens with zero attached hydrogens (tertiary/aromatic N) is 6. The fraction of sp³-hybridized carbons (Fsp3) is 0.364. The topological polar surface area (TPSA) is 65.5 Å². The number of hydrogen-bond donors (Lipinski definition) is 0. The number of pyridine rings is 1. The van der Waals surface area contributed by atoms with Crippen LogP contribution in [0.15, 0.2) is 48.7 Å². The van der Waals surface area contributed by atoms with Crippen LogP contribution in [0.3, 0.4) is 0 Å². The zero-order chi connectivity index (χ0) is 20.2. The Labute approximate surface area is 171 Å². The molecule has 0 bridgehead atoms. The summed E-state index contributed by atoms with van der Waals surface area (Å²) in [6.45, 7) is 8.79. The highest BCUT2D eigenvalue weighted by Crippen LogP contribution is 2.20. The molecule has 3 aromatic rings. The quantitative estimate of drug-likeness (QED) is 0.667. The van der Waals surface area contributed by atoms with Crippen LogP contribution < -0.4 is 9.80 Å². The number of anilines is 2. The summed E-state index contributed by atoms with van der Waals surface area (Å²) in [4.78, 5) is 23.7. The first-order chi connectivity index (χ1) is 14.2. The zero-order valence-corrected chi connectivity index (χ0v) is 17.0. The lowest BCUT2D eigenvalue weighted by Crippen LogP contribution is -2.49. The molecule has 7 heteroatoms. The molecule has 0 aliphatic carbocycles. The Morgan fingerprint density at radius 3 is 2.41 bits per heavy atom. The Morgan fingerprint density at radius 1 is 0.966 bits per heavy atom. The van der Waals surface area contributed by atoms with Crippen molar-refractivity contribution in [3.05, 3.63) is 54.4 Å². The smallest absolute Gasteiger partial charge is 0.273 e. The summed E-state index contributed by atoms with van der Waals surface area (Å²) in [6, 6.07) is 13.9. The number of fused-ring (bicyclic) bond motifs is 1. The third-order valence-corrected chi connectivity index (χ3v) is 5.49. The average Bonchev–Trinajstić information content (AvgIpc) is 2.80. The second kappa shape index (κ2) is 8.43. The third kappa shape index (κ3) is 3.85. The number of aromatic nitrogens is 3. The molecule has 29 heavy (non-hydrogen) atoms. The van der Waals surface area contributed by atoms with Gasteiger partial charge in [0.25, 0.3) is 5.91 Å². The van der Waals surface area contributed by atoms with E-state index in [1.165, 1.54) is 0 Å². The molecule has 3 heterocycles. The molecule has 0 N–H and O–H groups in total. The zero-order valence-electron chi connectivity index (χ0n) is 17.0. The lowest BCUT2D eigenvalue weighted by Gasteiger charge is -2.35. The third-order valence-electron chi connectivity index (χ3n) is 5.49. The van der Waals surface area contributed by atoms with E-state index in [1.807, 2.05) is 47.4 Å². The first-order valence-electron chi connectivity index (χ1n) is 10.2. The van der Waals surface area contributed by atoms with Gasteiger partial charge in [-0.25, -0.2) is 0 Å². The molecule has 1 saturated heterocycles. The maximum absolute atomic E-state index is 13.1. The van der Waals surface area contributed by atoms with Gasteiger partial charge in [0.05, 0.1) is 0 Å². The minimum atomic E-state index is -0.00980. The predicted octanol–water partition coefficient (Wildman–Crippen LogP) is 2.83. The normalized spacial score (nSPS) is 14.3. The van der Waals surface area contributed by atoms with E-state index in [4.69, 9.17) is 0 Å². The van der Waals surface area contributed by atoms with Crippen molar-refractivity contribution in [3.8, 4) is 0 Å². The van der Waals surface area contributed by atoms with Crippen molar-refractivity contribution in [1.82, 2.24) is 20.1 Å². The van der Waals surface area contributed by atoms with Crippen LogP contribution in [0.5, 0.6) is 0 Å². The summed E-state index contributed by atoms with van der Waals surface area (Å²) in [5.41, 5.74) is 0.528. The maximum Gasteiger partial charge on any atom is 0.273 e. The van der Waals surface area contributed by atoms with Gasteiger partial charge in [0.1, 0.15) is 5.69 Å². The van der Waals surface area contributed by atoms with Crippen molar-refractivity contribution in [1.29, 1.82) is 0 Å². The summed E-state index contributed by atoms with van der Waals surface area (Å²) < 4.78 is 0. The molecule has 0 saturated carbocycles. The number of carbonyl (C=O) groups is 1. The Balaban J connectivity index is 1.43. The lowest BCUT2D eigenvalue weighted by molar-refractivity contribution is 0.0743. The van der Waals surface area contributed by atoms with Gasteiger partial charge in [-0.3, -0.25) is 9.78 Å². The molecule has 1 aromatic carbocycles. The van der Waals surface area contributed by atoms with Crippen molar-refractivity contribution < 1.29 is 4.79 Å². The first kappa shape index (κ1) is 19.1. The highest BCUT2D eigenvalue weighted by Gasteiger charge is 2.25. The summed E-state index contributed by atoms with van der Waals surface area (Å²) in [5, 5.41) is 10.7. The molecule has 0 spiro atoms. The van der Waals surface area contributed by atoms with E-state index < -0.39 is 0 Å². The molecule has 1 amide bonds. The Hall–Kier alpha value is -3.22. The van der Waals surface area contributed by atoms with Gasteiger partial charge in [0, 0.05) is 50.9 Å². The van der Waals surface area contributed by atoms with Crippen LogP contribution in [0.2, 0.25) is 0 Å². The van der Waals surface area contributed by atoms with Crippen molar-refractivity contribution >= 4 is 28.3 Å². The lowest BCUT2D eigenvalue weighted by atomic mass is 10.1. The van der Waals surface area contributed by atoms with Crippen molar-refractivity contribution in [3.63, 3.8) is 0 Å². The van der Waals surface area contributed by atoms with Crippen LogP contribution in [0.1, 0.15) is 24.3 Å². The molecular formula is C22H26N6O. The standard InChI is InChI=1S/C22H26N6O/c1-3-26(4-2)19-9-10-20(25-24-19)27-13-15-28(16-14-27)22(29)21-18-8-6-5-7-17(18)11-12-23-21/h5-12H,3-4,13-16H2,1-2H3. The number of carbonyl (C=O) groups excluding carboxylic acids is 1. The van der Waals surface area contributed by atoms with E-state index in [1.54, 1.807) is 6.20 Å². The summed E-state index contributed by atoms with van der Waals surface area (Å²) in [7, 11) is 0. The van der Waals surface area contributed by atoms with Crippen LogP contribution in [0.4, 0.5) is 11.6 Å². The van der Waals surface area contributed by atoms with Gasteiger partial charge < -0.3 is 14.7 Å². The van der Waals surface area contributed by atoms with Gasteiger partial charge in [-0.05, 0) is 37.4 Å². The Bertz CT molecular complexity index is 973. The van der Waals surface area contributed by atoms with Crippen LogP contribution in [0, 0.1) is 0 Å². The second-order valence-corrected chi connectivity index (χ2v) is 7.08. The average molecular weight is 390 g/mol. The molecule has 1 aliphatic rings. The van der Waals surface area contributed by atoms with Gasteiger partial charge in [0.15, 0.2) is 11.6 Å². The molecule has 4 rings (SSSR count).